The first-order chi connectivity index (χ1) is 15.5. The van der Waals surface area contributed by atoms with E-state index in [2.05, 4.69) is 10.3 Å². The van der Waals surface area contributed by atoms with Gasteiger partial charge in [0.1, 0.15) is 16.5 Å². The van der Waals surface area contributed by atoms with Crippen LogP contribution in [0.25, 0.3) is 0 Å². The van der Waals surface area contributed by atoms with Crippen LogP contribution in [0, 0.1) is 0 Å². The van der Waals surface area contributed by atoms with Crippen LogP contribution in [0.15, 0.2) is 64.6 Å². The lowest BCUT2D eigenvalue weighted by Gasteiger charge is -2.22. The second-order valence-electron chi connectivity index (χ2n) is 6.87. The lowest BCUT2D eigenvalue weighted by atomic mass is 10.1. The largest absolute Gasteiger partial charge is 0.495 e. The van der Waals surface area contributed by atoms with Crippen molar-refractivity contribution >= 4 is 46.6 Å². The Labute approximate surface area is 194 Å². The van der Waals surface area contributed by atoms with Crippen molar-refractivity contribution in [2.75, 3.05) is 31.0 Å². The zero-order valence-electron chi connectivity index (χ0n) is 17.4. The maximum Gasteiger partial charge on any atom is 0.259 e. The molecule has 164 valence electrons. The Balaban J connectivity index is 1.55. The minimum absolute atomic E-state index is 0.0692. The van der Waals surface area contributed by atoms with Crippen molar-refractivity contribution in [1.82, 2.24) is 4.98 Å². The molecular formula is C23H20ClN3O4S. The zero-order chi connectivity index (χ0) is 22.7. The minimum Gasteiger partial charge on any atom is -0.495 e. The highest BCUT2D eigenvalue weighted by Gasteiger charge is 2.28. The van der Waals surface area contributed by atoms with E-state index < -0.39 is 0 Å². The Kier molecular flexibility index (Phi) is 6.53. The second-order valence-corrected chi connectivity index (χ2v) is 8.31. The number of anilines is 2. The van der Waals surface area contributed by atoms with Gasteiger partial charge in [-0.1, -0.05) is 35.5 Å². The molecule has 1 aliphatic rings. The summed E-state index contributed by atoms with van der Waals surface area (Å²) in [4.78, 5) is 32.9. The highest BCUT2D eigenvalue weighted by molar-refractivity contribution is 7.99. The first-order valence-electron chi connectivity index (χ1n) is 9.77. The molecule has 4 rings (SSSR count). The molecule has 2 aromatic carbocycles. The van der Waals surface area contributed by atoms with Crippen LogP contribution in [0.2, 0.25) is 5.02 Å². The molecule has 1 aliphatic heterocycles. The quantitative estimate of drug-likeness (QED) is 0.553. The number of fused-ring (bicyclic) bond motifs is 2. The van der Waals surface area contributed by atoms with Crippen LogP contribution < -0.4 is 19.7 Å². The number of rotatable bonds is 6. The van der Waals surface area contributed by atoms with E-state index in [0.717, 1.165) is 9.92 Å². The van der Waals surface area contributed by atoms with Crippen molar-refractivity contribution in [3.63, 3.8) is 0 Å². The van der Waals surface area contributed by atoms with Gasteiger partial charge in [-0.05, 0) is 30.3 Å². The van der Waals surface area contributed by atoms with Crippen LogP contribution in [-0.2, 0) is 4.79 Å². The third kappa shape index (κ3) is 4.37. The van der Waals surface area contributed by atoms with Gasteiger partial charge in [0.05, 0.1) is 36.2 Å². The van der Waals surface area contributed by atoms with Gasteiger partial charge in [0.15, 0.2) is 0 Å². The number of pyridine rings is 1. The number of hydrogen-bond donors (Lipinski definition) is 1. The number of halogens is 1. The van der Waals surface area contributed by atoms with Gasteiger partial charge in [0, 0.05) is 30.1 Å². The molecule has 32 heavy (non-hydrogen) atoms. The molecule has 2 amide bonds. The van der Waals surface area contributed by atoms with Gasteiger partial charge in [-0.3, -0.25) is 9.59 Å². The fourth-order valence-corrected chi connectivity index (χ4v) is 4.62. The molecule has 0 bridgehead atoms. The monoisotopic (exact) mass is 469 g/mol. The van der Waals surface area contributed by atoms with Gasteiger partial charge in [-0.2, -0.15) is 0 Å². The smallest absolute Gasteiger partial charge is 0.259 e. The number of carbonyl (C=O) groups is 2. The summed E-state index contributed by atoms with van der Waals surface area (Å²) in [6.45, 7) is 0.185. The Morgan fingerprint density at radius 2 is 1.91 bits per heavy atom. The molecule has 0 fully saturated rings. The lowest BCUT2D eigenvalue weighted by Crippen LogP contribution is -2.34. The van der Waals surface area contributed by atoms with E-state index in [0.29, 0.717) is 33.5 Å². The maximum atomic E-state index is 13.3. The molecule has 3 aromatic rings. The second kappa shape index (κ2) is 9.50. The van der Waals surface area contributed by atoms with Gasteiger partial charge in [0.2, 0.25) is 5.91 Å². The number of benzene rings is 2. The van der Waals surface area contributed by atoms with Crippen molar-refractivity contribution in [2.45, 2.75) is 16.3 Å². The number of aromatic nitrogens is 1. The standard InChI is InChI=1S/C23H20ClN3O4S/c1-30-18-13-19(31-2)16(12-15(18)24)26-21(28)9-11-27-17-7-5-10-25-22(17)32-20-8-4-3-6-14(20)23(27)29/h3-8,10,12-13H,9,11H2,1-2H3,(H,26,28). The average Bonchev–Trinajstić information content (AvgIpc) is 2.92. The fraction of sp³-hybridized carbons (Fsp3) is 0.174. The Morgan fingerprint density at radius 1 is 1.12 bits per heavy atom. The van der Waals surface area contributed by atoms with Gasteiger partial charge < -0.3 is 19.7 Å². The van der Waals surface area contributed by atoms with Crippen molar-refractivity contribution in [3.8, 4) is 11.5 Å². The van der Waals surface area contributed by atoms with Crippen molar-refractivity contribution in [3.05, 3.63) is 65.3 Å². The van der Waals surface area contributed by atoms with Crippen LogP contribution in [0.4, 0.5) is 11.4 Å². The highest BCUT2D eigenvalue weighted by atomic mass is 35.5. The number of hydrogen-bond acceptors (Lipinski definition) is 6. The zero-order valence-corrected chi connectivity index (χ0v) is 19.0. The lowest BCUT2D eigenvalue weighted by molar-refractivity contribution is -0.116. The molecule has 0 unspecified atom stereocenters. The molecule has 9 heteroatoms. The maximum absolute atomic E-state index is 13.3. The number of methoxy groups -OCH3 is 2. The Morgan fingerprint density at radius 3 is 2.69 bits per heavy atom. The first kappa shape index (κ1) is 22.0. The van der Waals surface area contributed by atoms with E-state index in [4.69, 9.17) is 21.1 Å². The van der Waals surface area contributed by atoms with Crippen molar-refractivity contribution in [2.24, 2.45) is 0 Å². The van der Waals surface area contributed by atoms with Gasteiger partial charge in [-0.15, -0.1) is 0 Å². The third-order valence-electron chi connectivity index (χ3n) is 4.92. The Hall–Kier alpha value is -3.23. The normalized spacial score (nSPS) is 12.5. The van der Waals surface area contributed by atoms with E-state index in [9.17, 15) is 9.59 Å². The summed E-state index contributed by atoms with van der Waals surface area (Å²) in [6.07, 6.45) is 1.76. The SMILES string of the molecule is COc1cc(OC)c(NC(=O)CCN2C(=O)c3ccccc3Sc3ncccc32)cc1Cl. The van der Waals surface area contributed by atoms with E-state index >= 15 is 0 Å². The summed E-state index contributed by atoms with van der Waals surface area (Å²) < 4.78 is 10.5. The number of nitrogens with zero attached hydrogens (tertiary/aromatic N) is 2. The van der Waals surface area contributed by atoms with Crippen molar-refractivity contribution < 1.29 is 19.1 Å². The molecule has 0 saturated carbocycles. The molecule has 2 heterocycles. The van der Waals surface area contributed by atoms with Crippen LogP contribution in [0.3, 0.4) is 0 Å². The number of carbonyl (C=O) groups excluding carboxylic acids is 2. The fourth-order valence-electron chi connectivity index (χ4n) is 3.36. The van der Waals surface area contributed by atoms with Crippen LogP contribution >= 0.6 is 23.4 Å². The topological polar surface area (TPSA) is 80.8 Å². The van der Waals surface area contributed by atoms with E-state index in [1.807, 2.05) is 24.3 Å². The first-order valence-corrected chi connectivity index (χ1v) is 11.0. The third-order valence-corrected chi connectivity index (χ3v) is 6.30. The van der Waals surface area contributed by atoms with Gasteiger partial charge in [-0.25, -0.2) is 4.98 Å². The summed E-state index contributed by atoms with van der Waals surface area (Å²) in [7, 11) is 2.99. The summed E-state index contributed by atoms with van der Waals surface area (Å²) >= 11 is 7.63. The predicted octanol–water partition coefficient (Wildman–Crippen LogP) is 4.89. The summed E-state index contributed by atoms with van der Waals surface area (Å²) in [5.74, 6) is 0.410. The average molecular weight is 470 g/mol. The number of amides is 2. The predicted molar refractivity (Wildman–Crippen MR) is 124 cm³/mol. The molecule has 0 radical (unpaired) electrons. The molecular weight excluding hydrogens is 450 g/mol. The Bertz CT molecular complexity index is 1190. The van der Waals surface area contributed by atoms with E-state index in [-0.39, 0.29) is 24.8 Å². The van der Waals surface area contributed by atoms with Crippen LogP contribution in [0.5, 0.6) is 11.5 Å². The summed E-state index contributed by atoms with van der Waals surface area (Å²) in [5, 5.41) is 3.87. The molecule has 1 aromatic heterocycles. The van der Waals surface area contributed by atoms with Crippen molar-refractivity contribution in [1.29, 1.82) is 0 Å². The molecule has 0 spiro atoms. The molecule has 7 nitrogen and oxygen atoms in total. The number of nitrogens with one attached hydrogen (secondary N) is 1. The van der Waals surface area contributed by atoms with E-state index in [1.54, 1.807) is 35.4 Å². The molecule has 0 aliphatic carbocycles. The van der Waals surface area contributed by atoms with Gasteiger partial charge in [0.25, 0.3) is 5.91 Å². The minimum atomic E-state index is -0.284. The molecule has 1 N–H and O–H groups in total. The van der Waals surface area contributed by atoms with Crippen LogP contribution in [0.1, 0.15) is 16.8 Å². The van der Waals surface area contributed by atoms with E-state index in [1.165, 1.54) is 26.0 Å². The number of ether oxygens (including phenoxy) is 2. The summed E-state index contributed by atoms with van der Waals surface area (Å²) in [6, 6.07) is 14.2. The van der Waals surface area contributed by atoms with Crippen LogP contribution in [-0.4, -0.2) is 37.6 Å². The molecule has 0 atom stereocenters. The van der Waals surface area contributed by atoms with Gasteiger partial charge >= 0.3 is 0 Å². The highest BCUT2D eigenvalue weighted by Crippen LogP contribution is 2.40. The summed E-state index contributed by atoms with van der Waals surface area (Å²) in [5.41, 5.74) is 1.68. The molecule has 0 saturated heterocycles.